The molecular weight excluding hydrogens is 404 g/mol. The fourth-order valence-electron chi connectivity index (χ4n) is 4.07. The van der Waals surface area contributed by atoms with Gasteiger partial charge in [-0.25, -0.2) is 0 Å². The third-order valence-electron chi connectivity index (χ3n) is 5.91. The smallest absolute Gasteiger partial charge is 0.191 e. The van der Waals surface area contributed by atoms with Crippen molar-refractivity contribution in [3.8, 4) is 11.5 Å². The van der Waals surface area contributed by atoms with Crippen LogP contribution in [0.4, 0.5) is 0 Å². The van der Waals surface area contributed by atoms with Crippen LogP contribution in [0.5, 0.6) is 11.5 Å². The number of nitrogens with one attached hydrogen (secondary N) is 2. The van der Waals surface area contributed by atoms with Crippen molar-refractivity contribution in [1.29, 1.82) is 0 Å². The maximum atomic E-state index is 5.58. The zero-order valence-electron chi connectivity index (χ0n) is 19.7. The lowest BCUT2D eigenvalue weighted by atomic mass is 10.0. The summed E-state index contributed by atoms with van der Waals surface area (Å²) in [5, 5.41) is 6.99. The Morgan fingerprint density at radius 3 is 2.41 bits per heavy atom. The molecule has 7 nitrogen and oxygen atoms in total. The van der Waals surface area contributed by atoms with E-state index in [2.05, 4.69) is 63.8 Å². The van der Waals surface area contributed by atoms with E-state index < -0.39 is 0 Å². The highest BCUT2D eigenvalue weighted by atomic mass is 16.5. The zero-order valence-corrected chi connectivity index (χ0v) is 19.7. The van der Waals surface area contributed by atoms with E-state index in [1.54, 1.807) is 21.3 Å². The highest BCUT2D eigenvalue weighted by molar-refractivity contribution is 5.79. The molecule has 0 spiro atoms. The fourth-order valence-corrected chi connectivity index (χ4v) is 4.07. The first kappa shape index (κ1) is 23.9. The summed E-state index contributed by atoms with van der Waals surface area (Å²) in [6, 6.07) is 14.8. The van der Waals surface area contributed by atoms with Gasteiger partial charge in [0.1, 0.15) is 0 Å². The molecule has 1 aliphatic heterocycles. The number of rotatable bonds is 9. The number of nitrogens with zero attached hydrogens (tertiary/aromatic N) is 2. The molecule has 2 N–H and O–H groups in total. The topological polar surface area (TPSA) is 67.4 Å². The molecule has 1 heterocycles. The number of hydrogen-bond donors (Lipinski definition) is 2. The van der Waals surface area contributed by atoms with E-state index >= 15 is 0 Å². The van der Waals surface area contributed by atoms with Gasteiger partial charge in [0.2, 0.25) is 0 Å². The Balaban J connectivity index is 1.71. The molecular formula is C25H36N4O3. The summed E-state index contributed by atoms with van der Waals surface area (Å²) in [7, 11) is 5.13. The first-order chi connectivity index (χ1) is 15.7. The average molecular weight is 441 g/mol. The molecule has 7 heteroatoms. The molecule has 0 bridgehead atoms. The lowest BCUT2D eigenvalue weighted by Gasteiger charge is -2.35. The second-order valence-corrected chi connectivity index (χ2v) is 7.71. The molecule has 0 aromatic heterocycles. The van der Waals surface area contributed by atoms with Gasteiger partial charge in [0.15, 0.2) is 17.5 Å². The predicted octanol–water partition coefficient (Wildman–Crippen LogP) is 3.00. The van der Waals surface area contributed by atoms with Crippen LogP contribution in [0.1, 0.15) is 29.7 Å². The lowest BCUT2D eigenvalue weighted by molar-refractivity contribution is 0.0169. The molecule has 1 saturated heterocycles. The van der Waals surface area contributed by atoms with E-state index in [-0.39, 0.29) is 6.04 Å². The Morgan fingerprint density at radius 1 is 1.03 bits per heavy atom. The first-order valence-corrected chi connectivity index (χ1v) is 11.2. The van der Waals surface area contributed by atoms with Crippen LogP contribution in [0.3, 0.4) is 0 Å². The van der Waals surface area contributed by atoms with Crippen LogP contribution in [0.15, 0.2) is 47.5 Å². The van der Waals surface area contributed by atoms with Crippen molar-refractivity contribution in [2.45, 2.75) is 25.9 Å². The normalized spacial score (nSPS) is 15.8. The third kappa shape index (κ3) is 6.14. The number of hydrogen-bond acceptors (Lipinski definition) is 5. The monoisotopic (exact) mass is 440 g/mol. The standard InChI is InChI=1S/C25H36N4O3/c1-5-19-8-6-7-9-21(19)17-27-25(26-2)28-18-22(29-12-14-32-15-13-29)20-10-11-23(30-3)24(16-20)31-4/h6-11,16,22H,5,12-15,17-18H2,1-4H3,(H2,26,27,28). The number of aryl methyl sites for hydroxylation is 1. The Hall–Kier alpha value is -2.77. The summed E-state index contributed by atoms with van der Waals surface area (Å²) in [5.41, 5.74) is 3.82. The van der Waals surface area contributed by atoms with Gasteiger partial charge < -0.3 is 24.8 Å². The van der Waals surface area contributed by atoms with Gasteiger partial charge in [-0.1, -0.05) is 37.3 Å². The van der Waals surface area contributed by atoms with E-state index in [0.717, 1.165) is 56.7 Å². The molecule has 3 rings (SSSR count). The minimum Gasteiger partial charge on any atom is -0.493 e. The van der Waals surface area contributed by atoms with Gasteiger partial charge in [0.05, 0.1) is 33.5 Å². The number of benzene rings is 2. The van der Waals surface area contributed by atoms with Crippen molar-refractivity contribution in [2.24, 2.45) is 4.99 Å². The molecule has 2 aromatic rings. The fraction of sp³-hybridized carbons (Fsp3) is 0.480. The summed E-state index contributed by atoms with van der Waals surface area (Å²) in [6.07, 6.45) is 1.02. The third-order valence-corrected chi connectivity index (χ3v) is 5.91. The molecule has 0 saturated carbocycles. The molecule has 0 aliphatic carbocycles. The molecule has 2 aromatic carbocycles. The van der Waals surface area contributed by atoms with Crippen molar-refractivity contribution >= 4 is 5.96 Å². The average Bonchev–Trinajstić information content (AvgIpc) is 2.86. The number of morpholine rings is 1. The van der Waals surface area contributed by atoms with E-state index in [4.69, 9.17) is 14.2 Å². The summed E-state index contributed by atoms with van der Waals surface area (Å²) in [4.78, 5) is 6.88. The van der Waals surface area contributed by atoms with Crippen molar-refractivity contribution in [2.75, 3.05) is 54.1 Å². The molecule has 0 amide bonds. The van der Waals surface area contributed by atoms with Gasteiger partial charge in [-0.05, 0) is 35.2 Å². The highest BCUT2D eigenvalue weighted by Gasteiger charge is 2.24. The SMILES string of the molecule is CCc1ccccc1CNC(=NC)NCC(c1ccc(OC)c(OC)c1)N1CCOCC1. The number of methoxy groups -OCH3 is 2. The van der Waals surface area contributed by atoms with Gasteiger partial charge in [-0.3, -0.25) is 9.89 Å². The summed E-state index contributed by atoms with van der Waals surface area (Å²) in [6.45, 7) is 6.89. The quantitative estimate of drug-likeness (QED) is 0.462. The Morgan fingerprint density at radius 2 is 1.75 bits per heavy atom. The van der Waals surface area contributed by atoms with E-state index in [1.807, 2.05) is 6.07 Å². The van der Waals surface area contributed by atoms with Crippen molar-refractivity contribution in [3.05, 3.63) is 59.2 Å². The van der Waals surface area contributed by atoms with Crippen LogP contribution in [-0.4, -0.2) is 65.0 Å². The number of guanidine groups is 1. The predicted molar refractivity (Wildman–Crippen MR) is 129 cm³/mol. The van der Waals surface area contributed by atoms with E-state index in [1.165, 1.54) is 16.7 Å². The molecule has 32 heavy (non-hydrogen) atoms. The molecule has 1 unspecified atom stereocenters. The van der Waals surface area contributed by atoms with Crippen molar-refractivity contribution in [1.82, 2.24) is 15.5 Å². The van der Waals surface area contributed by atoms with E-state index in [0.29, 0.717) is 6.54 Å². The van der Waals surface area contributed by atoms with Crippen LogP contribution in [0.2, 0.25) is 0 Å². The first-order valence-electron chi connectivity index (χ1n) is 11.2. The van der Waals surface area contributed by atoms with Gasteiger partial charge in [-0.15, -0.1) is 0 Å². The summed E-state index contributed by atoms with van der Waals surface area (Å²) in [5.74, 6) is 2.26. The highest BCUT2D eigenvalue weighted by Crippen LogP contribution is 2.32. The van der Waals surface area contributed by atoms with Gasteiger partial charge in [-0.2, -0.15) is 0 Å². The van der Waals surface area contributed by atoms with Crippen LogP contribution in [-0.2, 0) is 17.7 Å². The largest absolute Gasteiger partial charge is 0.493 e. The number of aliphatic imine (C=N–C) groups is 1. The second kappa shape index (κ2) is 12.3. The maximum Gasteiger partial charge on any atom is 0.191 e. The number of ether oxygens (including phenoxy) is 3. The van der Waals surface area contributed by atoms with Crippen LogP contribution in [0, 0.1) is 0 Å². The minimum absolute atomic E-state index is 0.153. The molecule has 1 aliphatic rings. The maximum absolute atomic E-state index is 5.58. The van der Waals surface area contributed by atoms with E-state index in [9.17, 15) is 0 Å². The van der Waals surface area contributed by atoms with Crippen molar-refractivity contribution < 1.29 is 14.2 Å². The molecule has 174 valence electrons. The van der Waals surface area contributed by atoms with Crippen LogP contribution < -0.4 is 20.1 Å². The lowest BCUT2D eigenvalue weighted by Crippen LogP contribution is -2.46. The Labute approximate surface area is 191 Å². The molecule has 1 fully saturated rings. The van der Waals surface area contributed by atoms with Gasteiger partial charge in [0, 0.05) is 33.2 Å². The van der Waals surface area contributed by atoms with Crippen LogP contribution >= 0.6 is 0 Å². The second-order valence-electron chi connectivity index (χ2n) is 7.71. The molecule has 0 radical (unpaired) electrons. The minimum atomic E-state index is 0.153. The zero-order chi connectivity index (χ0) is 22.8. The van der Waals surface area contributed by atoms with Gasteiger partial charge in [0.25, 0.3) is 0 Å². The van der Waals surface area contributed by atoms with Gasteiger partial charge >= 0.3 is 0 Å². The summed E-state index contributed by atoms with van der Waals surface area (Å²) < 4.78 is 16.5. The van der Waals surface area contributed by atoms with Crippen molar-refractivity contribution in [3.63, 3.8) is 0 Å². The van der Waals surface area contributed by atoms with Crippen LogP contribution in [0.25, 0.3) is 0 Å². The Bertz CT molecular complexity index is 881. The Kier molecular flexibility index (Phi) is 9.19. The summed E-state index contributed by atoms with van der Waals surface area (Å²) >= 11 is 0. The molecule has 1 atom stereocenters.